The predicted octanol–water partition coefficient (Wildman–Crippen LogP) is 6.30. The Balaban J connectivity index is 1.89. The topological polar surface area (TPSA) is 65.9 Å². The van der Waals surface area contributed by atoms with Gasteiger partial charge in [0.25, 0.3) is 0 Å². The zero-order valence-corrected chi connectivity index (χ0v) is 18.3. The molecule has 3 aromatic rings. The number of aromatic amines is 1. The monoisotopic (exact) mass is 412 g/mol. The fourth-order valence-electron chi connectivity index (χ4n) is 3.46. The van der Waals surface area contributed by atoms with Crippen molar-refractivity contribution in [3.63, 3.8) is 0 Å². The lowest BCUT2D eigenvalue weighted by Gasteiger charge is -2.15. The van der Waals surface area contributed by atoms with E-state index in [0.717, 1.165) is 39.0 Å². The lowest BCUT2D eigenvalue weighted by Crippen LogP contribution is -2.15. The number of aromatic nitrogens is 1. The van der Waals surface area contributed by atoms with Crippen molar-refractivity contribution in [3.8, 4) is 17.0 Å². The number of carbonyl (C=O) groups is 1. The van der Waals surface area contributed by atoms with E-state index in [-0.39, 0.29) is 23.8 Å². The van der Waals surface area contributed by atoms with Crippen molar-refractivity contribution in [2.45, 2.75) is 20.3 Å². The van der Waals surface area contributed by atoms with E-state index in [2.05, 4.69) is 24.2 Å². The van der Waals surface area contributed by atoms with Gasteiger partial charge < -0.3 is 15.1 Å². The van der Waals surface area contributed by atoms with E-state index in [1.54, 1.807) is 13.2 Å². The number of ether oxygens (including phenoxy) is 1. The summed E-state index contributed by atoms with van der Waals surface area (Å²) in [5, 5.41) is 8.95. The molecule has 1 aromatic heterocycles. The predicted molar refractivity (Wildman–Crippen MR) is 129 cm³/mol. The maximum atomic E-state index is 13.1. The van der Waals surface area contributed by atoms with Gasteiger partial charge in [-0.2, -0.15) is 0 Å². The van der Waals surface area contributed by atoms with E-state index in [4.69, 9.17) is 10.1 Å². The van der Waals surface area contributed by atoms with Crippen molar-refractivity contribution in [1.82, 2.24) is 4.98 Å². The first-order valence-electron chi connectivity index (χ1n) is 10.2. The summed E-state index contributed by atoms with van der Waals surface area (Å²) in [5.74, 6) is 0.673. The molecule has 0 bridgehead atoms. The number of Topliss-reactive ketones (excluding diaryl/α,β-unsaturated/α-hetero) is 1. The molecule has 1 heterocycles. The van der Waals surface area contributed by atoms with Crippen LogP contribution in [0, 0.1) is 11.3 Å². The highest BCUT2D eigenvalue weighted by atomic mass is 16.5. The van der Waals surface area contributed by atoms with Crippen molar-refractivity contribution in [3.05, 3.63) is 90.6 Å². The van der Waals surface area contributed by atoms with Crippen LogP contribution in [-0.4, -0.2) is 23.6 Å². The van der Waals surface area contributed by atoms with Gasteiger partial charge in [0, 0.05) is 40.1 Å². The molecule has 158 valence electrons. The molecule has 0 aliphatic carbocycles. The second-order valence-corrected chi connectivity index (χ2v) is 7.76. The highest BCUT2D eigenvalue weighted by Gasteiger charge is 2.18. The first-order chi connectivity index (χ1) is 14.8. The van der Waals surface area contributed by atoms with E-state index in [9.17, 15) is 4.79 Å². The maximum absolute atomic E-state index is 13.1. The third kappa shape index (κ3) is 5.10. The Hall–Kier alpha value is -3.66. The summed E-state index contributed by atoms with van der Waals surface area (Å²) < 4.78 is 5.32. The van der Waals surface area contributed by atoms with Gasteiger partial charge in [-0.25, -0.2) is 0 Å². The maximum Gasteiger partial charge on any atom is 0.163 e. The minimum atomic E-state index is -0.122. The van der Waals surface area contributed by atoms with Crippen molar-refractivity contribution in [2.24, 2.45) is 5.92 Å². The van der Waals surface area contributed by atoms with Crippen LogP contribution in [0.2, 0.25) is 0 Å². The number of hydrogen-bond acceptors (Lipinski definition) is 3. The smallest absolute Gasteiger partial charge is 0.163 e. The van der Waals surface area contributed by atoms with E-state index in [0.29, 0.717) is 5.57 Å². The summed E-state index contributed by atoms with van der Waals surface area (Å²) in [7, 11) is 1.65. The number of benzene rings is 2. The Morgan fingerprint density at radius 3 is 2.68 bits per heavy atom. The van der Waals surface area contributed by atoms with Gasteiger partial charge in [-0.05, 0) is 55.0 Å². The van der Waals surface area contributed by atoms with Crippen LogP contribution in [0.4, 0.5) is 0 Å². The first-order valence-corrected chi connectivity index (χ1v) is 10.2. The SMILES string of the molecule is C=CC(=N)/C=C(/C(=O)Cc1ccc2[nH]c(-c3cccc(OC)c3)cc2c1)C(C)C(=C)C. The molecule has 0 aliphatic rings. The molecular formula is C27H28N2O2. The molecular weight excluding hydrogens is 384 g/mol. The molecule has 2 N–H and O–H groups in total. The van der Waals surface area contributed by atoms with Crippen LogP contribution in [0.5, 0.6) is 5.75 Å². The highest BCUT2D eigenvalue weighted by Crippen LogP contribution is 2.28. The Morgan fingerprint density at radius 1 is 1.23 bits per heavy atom. The quantitative estimate of drug-likeness (QED) is 0.246. The number of fused-ring (bicyclic) bond motifs is 1. The van der Waals surface area contributed by atoms with Crippen molar-refractivity contribution in [1.29, 1.82) is 5.41 Å². The fraction of sp³-hybridized carbons (Fsp3) is 0.185. The molecule has 4 nitrogen and oxygen atoms in total. The summed E-state index contributed by atoms with van der Waals surface area (Å²) in [4.78, 5) is 16.5. The standard InChI is InChI=1S/C27H28N2O2/c1-6-22(28)16-24(18(4)17(2)3)27(30)13-19-10-11-25-21(12-19)15-26(29-25)20-8-7-9-23(14-20)31-5/h6-12,14-16,18,28-29H,1-2,13H2,3-5H3/b24-16+,28-22?. The number of H-pyrrole nitrogens is 1. The van der Waals surface area contributed by atoms with Gasteiger partial charge in [0.1, 0.15) is 5.75 Å². The number of hydrogen-bond donors (Lipinski definition) is 2. The molecule has 1 unspecified atom stereocenters. The van der Waals surface area contributed by atoms with Gasteiger partial charge >= 0.3 is 0 Å². The number of carbonyl (C=O) groups excluding carboxylic acids is 1. The van der Waals surface area contributed by atoms with Crippen LogP contribution in [0.25, 0.3) is 22.2 Å². The van der Waals surface area contributed by atoms with Crippen LogP contribution in [0.15, 0.2) is 85.0 Å². The molecule has 3 rings (SSSR count). The van der Waals surface area contributed by atoms with E-state index >= 15 is 0 Å². The van der Waals surface area contributed by atoms with Crippen molar-refractivity contribution >= 4 is 22.4 Å². The van der Waals surface area contributed by atoms with E-state index in [1.165, 1.54) is 6.08 Å². The summed E-state index contributed by atoms with van der Waals surface area (Å²) in [5.41, 5.74) is 5.67. The van der Waals surface area contributed by atoms with Crippen LogP contribution in [0.1, 0.15) is 19.4 Å². The second kappa shape index (κ2) is 9.43. The third-order valence-corrected chi connectivity index (χ3v) is 5.49. The summed E-state index contributed by atoms with van der Waals surface area (Å²) in [6, 6.07) is 16.0. The minimum absolute atomic E-state index is 0.00925. The van der Waals surface area contributed by atoms with Gasteiger partial charge in [-0.1, -0.05) is 43.9 Å². The summed E-state index contributed by atoms with van der Waals surface area (Å²) in [6.07, 6.45) is 3.30. The highest BCUT2D eigenvalue weighted by molar-refractivity contribution is 6.09. The van der Waals surface area contributed by atoms with Gasteiger partial charge in [0.15, 0.2) is 5.78 Å². The van der Waals surface area contributed by atoms with Crippen molar-refractivity contribution in [2.75, 3.05) is 7.11 Å². The number of ketones is 1. The second-order valence-electron chi connectivity index (χ2n) is 7.76. The summed E-state index contributed by atoms with van der Waals surface area (Å²) >= 11 is 0. The van der Waals surface area contributed by atoms with Crippen LogP contribution in [0.3, 0.4) is 0 Å². The Morgan fingerprint density at radius 2 is 2.00 bits per heavy atom. The average Bonchev–Trinajstić information content (AvgIpc) is 3.20. The Kier molecular flexibility index (Phi) is 6.71. The normalized spacial score (nSPS) is 12.4. The van der Waals surface area contributed by atoms with Crippen LogP contribution in [-0.2, 0) is 11.2 Å². The lowest BCUT2D eigenvalue weighted by molar-refractivity contribution is -0.115. The van der Waals surface area contributed by atoms with E-state index in [1.807, 2.05) is 56.3 Å². The third-order valence-electron chi connectivity index (χ3n) is 5.49. The summed E-state index contributed by atoms with van der Waals surface area (Å²) in [6.45, 7) is 11.4. The number of nitrogens with one attached hydrogen (secondary N) is 2. The molecule has 2 aromatic carbocycles. The Labute approximate surface area is 183 Å². The molecule has 0 amide bonds. The van der Waals surface area contributed by atoms with Crippen LogP contribution >= 0.6 is 0 Å². The molecule has 0 saturated carbocycles. The average molecular weight is 413 g/mol. The first kappa shape index (κ1) is 22.0. The van der Waals surface area contributed by atoms with Crippen LogP contribution < -0.4 is 4.74 Å². The molecule has 0 radical (unpaired) electrons. The van der Waals surface area contributed by atoms with Crippen molar-refractivity contribution < 1.29 is 9.53 Å². The fourth-order valence-corrected chi connectivity index (χ4v) is 3.46. The van der Waals surface area contributed by atoms with Gasteiger partial charge in [0.2, 0.25) is 0 Å². The largest absolute Gasteiger partial charge is 0.497 e. The van der Waals surface area contributed by atoms with E-state index < -0.39 is 0 Å². The molecule has 0 fully saturated rings. The molecule has 0 aliphatic heterocycles. The molecule has 31 heavy (non-hydrogen) atoms. The van der Waals surface area contributed by atoms with Gasteiger partial charge in [-0.3, -0.25) is 4.79 Å². The number of methoxy groups -OCH3 is 1. The lowest BCUT2D eigenvalue weighted by atomic mass is 9.88. The molecule has 4 heteroatoms. The molecule has 0 spiro atoms. The zero-order valence-electron chi connectivity index (χ0n) is 18.3. The number of allylic oxidation sites excluding steroid dienone is 4. The molecule has 1 atom stereocenters. The number of rotatable bonds is 9. The van der Waals surface area contributed by atoms with Gasteiger partial charge in [-0.15, -0.1) is 0 Å². The Bertz CT molecular complexity index is 1200. The van der Waals surface area contributed by atoms with Gasteiger partial charge in [0.05, 0.1) is 12.8 Å². The zero-order chi connectivity index (χ0) is 22.5. The minimum Gasteiger partial charge on any atom is -0.497 e. The molecule has 0 saturated heterocycles.